The molecule has 1 aliphatic heterocycles. The molecule has 0 radical (unpaired) electrons. The van der Waals surface area contributed by atoms with Crippen molar-refractivity contribution in [1.82, 2.24) is 4.31 Å². The van der Waals surface area contributed by atoms with Crippen molar-refractivity contribution < 1.29 is 17.9 Å². The second kappa shape index (κ2) is 8.94. The molecule has 1 saturated heterocycles. The Bertz CT molecular complexity index is 956. The summed E-state index contributed by atoms with van der Waals surface area (Å²) in [6.45, 7) is 2.75. The van der Waals surface area contributed by atoms with Gasteiger partial charge in [-0.15, -0.1) is 0 Å². The second-order valence-corrected chi connectivity index (χ2v) is 9.10. The highest BCUT2D eigenvalue weighted by molar-refractivity contribution is 7.89. The Labute approximate surface area is 170 Å². The van der Waals surface area contributed by atoms with Gasteiger partial charge in [0.1, 0.15) is 5.75 Å². The molecule has 0 aliphatic carbocycles. The van der Waals surface area contributed by atoms with Crippen molar-refractivity contribution in [2.24, 2.45) is 0 Å². The Morgan fingerprint density at radius 2 is 1.89 bits per heavy atom. The van der Waals surface area contributed by atoms with E-state index in [0.29, 0.717) is 18.8 Å². The number of nitrogens with zero attached hydrogens (tertiary/aromatic N) is 1. The number of carbonyl (C=O) groups excluding carboxylic acids is 1. The number of anilines is 1. The molecule has 150 valence electrons. The van der Waals surface area contributed by atoms with Crippen LogP contribution in [-0.2, 0) is 14.8 Å². The molecular formula is C20H23ClN2O4S. The number of ether oxygens (including phenoxy) is 1. The maximum absolute atomic E-state index is 12.8. The first-order chi connectivity index (χ1) is 13.4. The monoisotopic (exact) mass is 422 g/mol. The molecule has 0 unspecified atom stereocenters. The van der Waals surface area contributed by atoms with Crippen molar-refractivity contribution in [2.75, 3.05) is 25.0 Å². The zero-order valence-electron chi connectivity index (χ0n) is 15.7. The van der Waals surface area contributed by atoms with Crippen molar-refractivity contribution in [1.29, 1.82) is 0 Å². The molecule has 6 nitrogen and oxygen atoms in total. The van der Waals surface area contributed by atoms with Crippen LogP contribution in [0.3, 0.4) is 0 Å². The van der Waals surface area contributed by atoms with Gasteiger partial charge in [0.2, 0.25) is 10.0 Å². The Morgan fingerprint density at radius 1 is 1.14 bits per heavy atom. The Morgan fingerprint density at radius 3 is 2.61 bits per heavy atom. The number of hydrogen-bond donors (Lipinski definition) is 1. The molecule has 28 heavy (non-hydrogen) atoms. The summed E-state index contributed by atoms with van der Waals surface area (Å²) in [6.07, 6.45) is 2.74. The first kappa shape index (κ1) is 20.6. The number of benzene rings is 2. The fourth-order valence-electron chi connectivity index (χ4n) is 3.06. The molecule has 8 heteroatoms. The number of aryl methyl sites for hydroxylation is 1. The molecule has 1 amide bonds. The quantitative estimate of drug-likeness (QED) is 0.767. The zero-order chi connectivity index (χ0) is 20.1. The average molecular weight is 423 g/mol. The molecule has 0 atom stereocenters. The molecule has 0 saturated carbocycles. The molecule has 2 aromatic rings. The molecule has 1 heterocycles. The van der Waals surface area contributed by atoms with Crippen LogP contribution in [-0.4, -0.2) is 38.3 Å². The predicted octanol–water partition coefficient (Wildman–Crippen LogP) is 3.84. The van der Waals surface area contributed by atoms with Gasteiger partial charge in [-0.1, -0.05) is 30.2 Å². The van der Waals surface area contributed by atoms with E-state index in [1.807, 2.05) is 25.1 Å². The maximum Gasteiger partial charge on any atom is 0.262 e. The van der Waals surface area contributed by atoms with Crippen LogP contribution in [0.25, 0.3) is 0 Å². The van der Waals surface area contributed by atoms with Crippen LogP contribution in [0.4, 0.5) is 5.69 Å². The summed E-state index contributed by atoms with van der Waals surface area (Å²) in [5.41, 5.74) is 1.27. The largest absolute Gasteiger partial charge is 0.484 e. The van der Waals surface area contributed by atoms with E-state index in [1.54, 1.807) is 6.07 Å². The molecule has 2 aromatic carbocycles. The summed E-state index contributed by atoms with van der Waals surface area (Å²) in [5.74, 6) is 0.165. The number of amides is 1. The van der Waals surface area contributed by atoms with Crippen molar-refractivity contribution in [3.63, 3.8) is 0 Å². The molecule has 1 fully saturated rings. The normalized spacial score (nSPS) is 15.2. The minimum absolute atomic E-state index is 0.119. The lowest BCUT2D eigenvalue weighted by atomic mass is 10.2. The minimum atomic E-state index is -3.60. The predicted molar refractivity (Wildman–Crippen MR) is 109 cm³/mol. The summed E-state index contributed by atoms with van der Waals surface area (Å²) in [5, 5.41) is 2.90. The van der Waals surface area contributed by atoms with Crippen LogP contribution in [0, 0.1) is 6.92 Å². The summed E-state index contributed by atoms with van der Waals surface area (Å²) in [6, 6.07) is 11.7. The van der Waals surface area contributed by atoms with Crippen LogP contribution in [0.5, 0.6) is 5.75 Å². The molecule has 3 rings (SSSR count). The van der Waals surface area contributed by atoms with Crippen molar-refractivity contribution in [2.45, 2.75) is 31.1 Å². The molecule has 0 spiro atoms. The summed E-state index contributed by atoms with van der Waals surface area (Å²) >= 11 is 6.15. The number of piperidine rings is 1. The van der Waals surface area contributed by atoms with Crippen LogP contribution < -0.4 is 10.1 Å². The molecule has 1 N–H and O–H groups in total. The van der Waals surface area contributed by atoms with Gasteiger partial charge in [0, 0.05) is 13.1 Å². The molecule has 0 bridgehead atoms. The van der Waals surface area contributed by atoms with Gasteiger partial charge in [0.05, 0.1) is 15.6 Å². The van der Waals surface area contributed by atoms with Gasteiger partial charge in [-0.25, -0.2) is 8.42 Å². The third-order valence-corrected chi connectivity index (χ3v) is 6.75. The lowest BCUT2D eigenvalue weighted by Crippen LogP contribution is -2.35. The molecular weight excluding hydrogens is 400 g/mol. The van der Waals surface area contributed by atoms with Crippen LogP contribution in [0.1, 0.15) is 24.8 Å². The molecule has 1 aliphatic rings. The highest BCUT2D eigenvalue weighted by Gasteiger charge is 2.26. The smallest absolute Gasteiger partial charge is 0.262 e. The number of rotatable bonds is 6. The van der Waals surface area contributed by atoms with Gasteiger partial charge in [-0.3, -0.25) is 4.79 Å². The van der Waals surface area contributed by atoms with Crippen LogP contribution in [0.2, 0.25) is 5.02 Å². The number of carbonyl (C=O) groups is 1. The standard InChI is InChI=1S/C20H23ClN2O4S/c1-15-6-5-7-16(12-15)27-14-20(24)22-19-13-17(8-9-18(19)21)28(25,26)23-10-3-2-4-11-23/h5-9,12-13H,2-4,10-11,14H2,1H3,(H,22,24). The minimum Gasteiger partial charge on any atom is -0.484 e. The van der Waals surface area contributed by atoms with E-state index < -0.39 is 15.9 Å². The average Bonchev–Trinajstić information content (AvgIpc) is 2.69. The number of nitrogens with one attached hydrogen (secondary N) is 1. The maximum atomic E-state index is 12.8. The third-order valence-electron chi connectivity index (χ3n) is 4.52. The van der Waals surface area contributed by atoms with Crippen molar-refractivity contribution >= 4 is 33.2 Å². The Balaban J connectivity index is 1.70. The van der Waals surface area contributed by atoms with Gasteiger partial charge in [0.15, 0.2) is 6.61 Å². The summed E-state index contributed by atoms with van der Waals surface area (Å²) in [4.78, 5) is 12.4. The highest BCUT2D eigenvalue weighted by atomic mass is 35.5. The first-order valence-electron chi connectivity index (χ1n) is 9.15. The fraction of sp³-hybridized carbons (Fsp3) is 0.350. The molecule has 0 aromatic heterocycles. The lowest BCUT2D eigenvalue weighted by Gasteiger charge is -2.26. The lowest BCUT2D eigenvalue weighted by molar-refractivity contribution is -0.118. The van der Waals surface area contributed by atoms with Gasteiger partial charge in [-0.05, 0) is 55.7 Å². The van der Waals surface area contributed by atoms with E-state index in [1.165, 1.54) is 22.5 Å². The second-order valence-electron chi connectivity index (χ2n) is 6.76. The number of sulfonamides is 1. The zero-order valence-corrected chi connectivity index (χ0v) is 17.2. The fourth-order valence-corrected chi connectivity index (χ4v) is 4.76. The van der Waals surface area contributed by atoms with Gasteiger partial charge in [0.25, 0.3) is 5.91 Å². The van der Waals surface area contributed by atoms with E-state index in [2.05, 4.69) is 5.32 Å². The Kier molecular flexibility index (Phi) is 6.59. The summed E-state index contributed by atoms with van der Waals surface area (Å²) in [7, 11) is -3.60. The van der Waals surface area contributed by atoms with Gasteiger partial charge < -0.3 is 10.1 Å². The van der Waals surface area contributed by atoms with E-state index in [4.69, 9.17) is 16.3 Å². The first-order valence-corrected chi connectivity index (χ1v) is 11.0. The Hall–Kier alpha value is -2.09. The van der Waals surface area contributed by atoms with Crippen LogP contribution >= 0.6 is 11.6 Å². The van der Waals surface area contributed by atoms with Crippen molar-refractivity contribution in [3.05, 3.63) is 53.1 Å². The topological polar surface area (TPSA) is 75.7 Å². The van der Waals surface area contributed by atoms with E-state index >= 15 is 0 Å². The van der Waals surface area contributed by atoms with Gasteiger partial charge >= 0.3 is 0 Å². The van der Waals surface area contributed by atoms with E-state index in [0.717, 1.165) is 24.8 Å². The SMILES string of the molecule is Cc1cccc(OCC(=O)Nc2cc(S(=O)(=O)N3CCCCC3)ccc2Cl)c1. The number of halogens is 1. The highest BCUT2D eigenvalue weighted by Crippen LogP contribution is 2.28. The number of hydrogen-bond acceptors (Lipinski definition) is 4. The van der Waals surface area contributed by atoms with Crippen LogP contribution in [0.15, 0.2) is 47.4 Å². The third kappa shape index (κ3) is 5.04. The van der Waals surface area contributed by atoms with Crippen molar-refractivity contribution in [3.8, 4) is 5.75 Å². The summed E-state index contributed by atoms with van der Waals surface area (Å²) < 4.78 is 32.6. The van der Waals surface area contributed by atoms with E-state index in [9.17, 15) is 13.2 Å². The van der Waals surface area contributed by atoms with E-state index in [-0.39, 0.29) is 22.2 Å². The van der Waals surface area contributed by atoms with Gasteiger partial charge in [-0.2, -0.15) is 4.31 Å².